The third kappa shape index (κ3) is 4.71. The van der Waals surface area contributed by atoms with Crippen molar-refractivity contribution < 1.29 is 9.53 Å². The van der Waals surface area contributed by atoms with Crippen molar-refractivity contribution in [1.82, 2.24) is 14.9 Å². The van der Waals surface area contributed by atoms with Crippen molar-refractivity contribution >= 4 is 23.3 Å². The molecule has 4 rings (SSSR count). The van der Waals surface area contributed by atoms with Gasteiger partial charge in [0.25, 0.3) is 5.91 Å². The van der Waals surface area contributed by atoms with Crippen LogP contribution in [-0.4, -0.2) is 47.0 Å². The lowest BCUT2D eigenvalue weighted by molar-refractivity contribution is 0.0746. The summed E-state index contributed by atoms with van der Waals surface area (Å²) in [5.74, 6) is 1.99. The molecule has 0 bridgehead atoms. The molecular formula is C23H23ClN4O2. The molecule has 1 saturated heterocycles. The maximum atomic E-state index is 12.8. The molecule has 0 N–H and O–H groups in total. The number of carbonyl (C=O) groups is 1. The minimum Gasteiger partial charge on any atom is -0.439 e. The number of rotatable bonds is 5. The normalized spacial score (nSPS) is 13.9. The van der Waals surface area contributed by atoms with Gasteiger partial charge in [-0.3, -0.25) is 4.79 Å². The molecule has 7 heteroatoms. The second kappa shape index (κ2) is 9.13. The molecule has 30 heavy (non-hydrogen) atoms. The highest BCUT2D eigenvalue weighted by molar-refractivity contribution is 6.30. The van der Waals surface area contributed by atoms with Crippen LogP contribution in [0, 0.1) is 0 Å². The van der Waals surface area contributed by atoms with Crippen LogP contribution in [-0.2, 0) is 6.42 Å². The van der Waals surface area contributed by atoms with Crippen molar-refractivity contribution in [3.63, 3.8) is 0 Å². The van der Waals surface area contributed by atoms with E-state index in [9.17, 15) is 4.79 Å². The number of benzene rings is 2. The summed E-state index contributed by atoms with van der Waals surface area (Å²) < 4.78 is 5.80. The summed E-state index contributed by atoms with van der Waals surface area (Å²) in [4.78, 5) is 25.4. The smallest absolute Gasteiger partial charge is 0.253 e. The van der Waals surface area contributed by atoms with E-state index in [-0.39, 0.29) is 5.91 Å². The molecule has 1 fully saturated rings. The first-order valence-corrected chi connectivity index (χ1v) is 10.4. The number of aromatic nitrogens is 2. The van der Waals surface area contributed by atoms with Crippen LogP contribution < -0.4 is 9.64 Å². The zero-order valence-electron chi connectivity index (χ0n) is 16.8. The van der Waals surface area contributed by atoms with E-state index in [0.717, 1.165) is 17.8 Å². The Bertz CT molecular complexity index is 1000. The molecule has 3 aromatic rings. The fourth-order valence-corrected chi connectivity index (χ4v) is 3.51. The van der Waals surface area contributed by atoms with Crippen molar-refractivity contribution in [2.45, 2.75) is 13.3 Å². The lowest BCUT2D eigenvalue weighted by atomic mass is 10.1. The highest BCUT2D eigenvalue weighted by atomic mass is 35.5. The summed E-state index contributed by atoms with van der Waals surface area (Å²) in [5, 5.41) is 0.652. The van der Waals surface area contributed by atoms with E-state index in [1.165, 1.54) is 11.9 Å². The van der Waals surface area contributed by atoms with Gasteiger partial charge in [-0.25, -0.2) is 9.97 Å². The van der Waals surface area contributed by atoms with Crippen molar-refractivity contribution in [2.24, 2.45) is 0 Å². The van der Waals surface area contributed by atoms with E-state index in [4.69, 9.17) is 16.3 Å². The minimum atomic E-state index is 0.0757. The molecule has 2 heterocycles. The standard InChI is InChI=1S/C23H23ClN4O2/c1-2-17-3-5-18(6-4-17)23(29)28-13-11-27(12-14-28)21-15-22(26-16-25-21)30-20-9-7-19(24)8-10-20/h3-10,15-16H,2,11-14H2,1H3. The molecule has 1 amide bonds. The van der Waals surface area contributed by atoms with Gasteiger partial charge in [0.15, 0.2) is 0 Å². The van der Waals surface area contributed by atoms with Gasteiger partial charge in [-0.1, -0.05) is 30.7 Å². The Balaban J connectivity index is 1.37. The van der Waals surface area contributed by atoms with Crippen LogP contribution in [0.2, 0.25) is 5.02 Å². The number of amides is 1. The van der Waals surface area contributed by atoms with Gasteiger partial charge in [0, 0.05) is 42.8 Å². The number of hydrogen-bond donors (Lipinski definition) is 0. The van der Waals surface area contributed by atoms with E-state index >= 15 is 0 Å². The third-order valence-electron chi connectivity index (χ3n) is 5.16. The molecule has 1 aliphatic rings. The zero-order valence-corrected chi connectivity index (χ0v) is 17.5. The zero-order chi connectivity index (χ0) is 20.9. The first-order valence-electron chi connectivity index (χ1n) is 10.0. The van der Waals surface area contributed by atoms with Crippen molar-refractivity contribution in [1.29, 1.82) is 0 Å². The second-order valence-corrected chi connectivity index (χ2v) is 7.54. The number of piperazine rings is 1. The summed E-state index contributed by atoms with van der Waals surface area (Å²) in [7, 11) is 0. The van der Waals surface area contributed by atoms with Crippen LogP contribution in [0.25, 0.3) is 0 Å². The maximum Gasteiger partial charge on any atom is 0.253 e. The molecule has 2 aromatic carbocycles. The van der Waals surface area contributed by atoms with Crippen molar-refractivity contribution in [3.05, 3.63) is 77.1 Å². The fraction of sp³-hybridized carbons (Fsp3) is 0.261. The lowest BCUT2D eigenvalue weighted by Crippen LogP contribution is -2.49. The number of carbonyl (C=O) groups excluding carboxylic acids is 1. The Kier molecular flexibility index (Phi) is 6.14. The van der Waals surface area contributed by atoms with Gasteiger partial charge in [-0.05, 0) is 48.4 Å². The first kappa shape index (κ1) is 20.2. The number of nitrogens with zero attached hydrogens (tertiary/aromatic N) is 4. The van der Waals surface area contributed by atoms with Crippen LogP contribution in [0.5, 0.6) is 11.6 Å². The van der Waals surface area contributed by atoms with E-state index in [0.29, 0.717) is 42.8 Å². The molecule has 6 nitrogen and oxygen atoms in total. The second-order valence-electron chi connectivity index (χ2n) is 7.10. The highest BCUT2D eigenvalue weighted by Crippen LogP contribution is 2.24. The molecule has 1 aromatic heterocycles. The Morgan fingerprint density at radius 3 is 2.37 bits per heavy atom. The number of halogens is 1. The van der Waals surface area contributed by atoms with Crippen LogP contribution in [0.15, 0.2) is 60.9 Å². The minimum absolute atomic E-state index is 0.0757. The highest BCUT2D eigenvalue weighted by Gasteiger charge is 2.23. The predicted octanol–water partition coefficient (Wildman–Crippen LogP) is 4.45. The molecule has 0 saturated carbocycles. The Morgan fingerprint density at radius 2 is 1.70 bits per heavy atom. The Labute approximate surface area is 181 Å². The quantitative estimate of drug-likeness (QED) is 0.608. The molecule has 0 spiro atoms. The van der Waals surface area contributed by atoms with Gasteiger partial charge in [0.2, 0.25) is 5.88 Å². The van der Waals surface area contributed by atoms with Crippen LogP contribution in [0.4, 0.5) is 5.82 Å². The summed E-state index contributed by atoms with van der Waals surface area (Å²) in [6.45, 7) is 4.80. The average molecular weight is 423 g/mol. The Hall–Kier alpha value is -3.12. The lowest BCUT2D eigenvalue weighted by Gasteiger charge is -2.35. The Morgan fingerprint density at radius 1 is 1.00 bits per heavy atom. The van der Waals surface area contributed by atoms with Crippen LogP contribution in [0.3, 0.4) is 0 Å². The fourth-order valence-electron chi connectivity index (χ4n) is 3.39. The van der Waals surface area contributed by atoms with Gasteiger partial charge >= 0.3 is 0 Å². The first-order chi connectivity index (χ1) is 14.6. The van der Waals surface area contributed by atoms with Gasteiger partial charge in [0.1, 0.15) is 17.9 Å². The monoisotopic (exact) mass is 422 g/mol. The van der Waals surface area contributed by atoms with Crippen molar-refractivity contribution in [3.8, 4) is 11.6 Å². The molecule has 154 valence electrons. The number of ether oxygens (including phenoxy) is 1. The summed E-state index contributed by atoms with van der Waals surface area (Å²) in [5.41, 5.74) is 1.97. The van der Waals surface area contributed by atoms with Gasteiger partial charge < -0.3 is 14.5 Å². The SMILES string of the molecule is CCc1ccc(C(=O)N2CCN(c3cc(Oc4ccc(Cl)cc4)ncn3)CC2)cc1. The predicted molar refractivity (Wildman–Crippen MR) is 117 cm³/mol. The van der Waals surface area contributed by atoms with Crippen LogP contribution in [0.1, 0.15) is 22.8 Å². The van der Waals surface area contributed by atoms with E-state index in [2.05, 4.69) is 21.8 Å². The topological polar surface area (TPSA) is 58.6 Å². The van der Waals surface area contributed by atoms with E-state index < -0.39 is 0 Å². The summed E-state index contributed by atoms with van der Waals surface area (Å²) in [6.07, 6.45) is 2.46. The van der Waals surface area contributed by atoms with Crippen molar-refractivity contribution in [2.75, 3.05) is 31.1 Å². The number of aryl methyl sites for hydroxylation is 1. The average Bonchev–Trinajstić information content (AvgIpc) is 2.80. The molecule has 0 unspecified atom stereocenters. The van der Waals surface area contributed by atoms with Gasteiger partial charge in [-0.2, -0.15) is 0 Å². The molecule has 0 radical (unpaired) electrons. The number of anilines is 1. The maximum absolute atomic E-state index is 12.8. The number of hydrogen-bond acceptors (Lipinski definition) is 5. The van der Waals surface area contributed by atoms with Crippen LogP contribution >= 0.6 is 11.6 Å². The van der Waals surface area contributed by atoms with E-state index in [1.807, 2.05) is 35.2 Å². The van der Waals surface area contributed by atoms with Gasteiger partial charge in [0.05, 0.1) is 0 Å². The van der Waals surface area contributed by atoms with Gasteiger partial charge in [-0.15, -0.1) is 0 Å². The van der Waals surface area contributed by atoms with E-state index in [1.54, 1.807) is 24.3 Å². The summed E-state index contributed by atoms with van der Waals surface area (Å²) in [6, 6.07) is 16.8. The summed E-state index contributed by atoms with van der Waals surface area (Å²) >= 11 is 5.91. The molecular weight excluding hydrogens is 400 g/mol. The molecule has 0 atom stereocenters. The molecule has 1 aliphatic heterocycles. The molecule has 0 aliphatic carbocycles. The third-order valence-corrected chi connectivity index (χ3v) is 5.42. The largest absolute Gasteiger partial charge is 0.439 e.